The summed E-state index contributed by atoms with van der Waals surface area (Å²) in [4.78, 5) is 54.2. The van der Waals surface area contributed by atoms with Crippen molar-refractivity contribution >= 4 is 35.1 Å². The van der Waals surface area contributed by atoms with Crippen molar-refractivity contribution in [3.8, 4) is 5.75 Å². The van der Waals surface area contributed by atoms with Gasteiger partial charge in [-0.05, 0) is 43.0 Å². The van der Waals surface area contributed by atoms with Gasteiger partial charge in [-0.3, -0.25) is 19.2 Å². The molecule has 0 bridgehead atoms. The number of hydrogen-bond acceptors (Lipinski definition) is 5. The lowest BCUT2D eigenvalue weighted by Crippen LogP contribution is -2.31. The summed E-state index contributed by atoms with van der Waals surface area (Å²) in [6.45, 7) is 2.28. The molecule has 7 heteroatoms. The highest BCUT2D eigenvalue weighted by atomic mass is 16.5. The maximum absolute atomic E-state index is 12.9. The van der Waals surface area contributed by atoms with Gasteiger partial charge in [0.2, 0.25) is 17.7 Å². The van der Waals surface area contributed by atoms with Crippen molar-refractivity contribution in [3.63, 3.8) is 0 Å². The van der Waals surface area contributed by atoms with E-state index in [1.807, 2.05) is 43.3 Å². The van der Waals surface area contributed by atoms with Crippen molar-refractivity contribution in [1.82, 2.24) is 0 Å². The van der Waals surface area contributed by atoms with E-state index in [4.69, 9.17) is 4.74 Å². The number of carbonyl (C=O) groups is 4. The average molecular weight is 459 g/mol. The number of allylic oxidation sites excluding steroid dienone is 2. The van der Waals surface area contributed by atoms with Crippen molar-refractivity contribution in [2.24, 2.45) is 17.8 Å². The molecule has 2 fully saturated rings. The van der Waals surface area contributed by atoms with Crippen LogP contribution in [0.25, 0.3) is 0 Å². The fourth-order valence-electron chi connectivity index (χ4n) is 5.11. The summed E-state index contributed by atoms with van der Waals surface area (Å²) < 4.78 is 5.60. The second-order valence-electron chi connectivity index (χ2n) is 8.97. The minimum absolute atomic E-state index is 0.0794. The zero-order valence-corrected chi connectivity index (χ0v) is 19.0. The van der Waals surface area contributed by atoms with Gasteiger partial charge in [0, 0.05) is 24.7 Å². The molecule has 0 spiro atoms. The van der Waals surface area contributed by atoms with E-state index >= 15 is 0 Å². The quantitative estimate of drug-likeness (QED) is 0.296. The molecule has 0 unspecified atom stereocenters. The van der Waals surface area contributed by atoms with Crippen molar-refractivity contribution < 1.29 is 23.9 Å². The van der Waals surface area contributed by atoms with Crippen LogP contribution in [0.4, 0.5) is 11.4 Å². The summed E-state index contributed by atoms with van der Waals surface area (Å²) in [5.41, 5.74) is 2.28. The van der Waals surface area contributed by atoms with E-state index in [1.165, 1.54) is 4.90 Å². The van der Waals surface area contributed by atoms with Crippen LogP contribution in [0.3, 0.4) is 0 Å². The third-order valence-electron chi connectivity index (χ3n) is 6.92. The van der Waals surface area contributed by atoms with E-state index in [0.29, 0.717) is 18.5 Å². The largest absolute Gasteiger partial charge is 0.426 e. The predicted octanol–water partition coefficient (Wildman–Crippen LogP) is 3.66. The minimum atomic E-state index is -0.593. The first-order chi connectivity index (χ1) is 16.5. The van der Waals surface area contributed by atoms with Crippen LogP contribution >= 0.6 is 0 Å². The Labute approximate surface area is 198 Å². The molecule has 7 nitrogen and oxygen atoms in total. The number of hydrogen-bond donors (Lipinski definition) is 0. The van der Waals surface area contributed by atoms with E-state index < -0.39 is 11.9 Å². The molecule has 5 rings (SSSR count). The molecular weight excluding hydrogens is 432 g/mol. The predicted molar refractivity (Wildman–Crippen MR) is 126 cm³/mol. The Hall–Kier alpha value is -3.74. The number of rotatable bonds is 5. The Morgan fingerprint density at radius 3 is 2.38 bits per heavy atom. The summed E-state index contributed by atoms with van der Waals surface area (Å²) in [6, 6.07) is 14.2. The molecule has 3 amide bonds. The average Bonchev–Trinajstić information content (AvgIpc) is 3.36. The zero-order valence-electron chi connectivity index (χ0n) is 19.0. The van der Waals surface area contributed by atoms with Gasteiger partial charge in [0.15, 0.2) is 0 Å². The summed E-state index contributed by atoms with van der Waals surface area (Å²) in [5, 5.41) is 0. The number of aryl methyl sites for hydroxylation is 1. The Kier molecular flexibility index (Phi) is 5.77. The van der Waals surface area contributed by atoms with Gasteiger partial charge in [-0.25, -0.2) is 4.90 Å². The normalized spacial score (nSPS) is 24.0. The maximum atomic E-state index is 12.9. The van der Waals surface area contributed by atoms with Crippen molar-refractivity contribution in [1.29, 1.82) is 0 Å². The van der Waals surface area contributed by atoms with Crippen LogP contribution in [-0.2, 0) is 25.6 Å². The molecule has 0 radical (unpaired) electrons. The standard InChI is InChI=1S/C27H26N2O5/c1-2-17-8-3-6-13-23(17)28-16-18(14-24(28)30)27(33)34-20-10-7-9-19(15-20)29-25(31)21-11-4-5-12-22(21)26(29)32/h3-10,13,15,18,21-22H,2,11-12,14,16H2,1H3/t18-,21-,22+/m1/s1. The molecule has 2 aromatic rings. The Morgan fingerprint density at radius 1 is 0.971 bits per heavy atom. The summed E-state index contributed by atoms with van der Waals surface area (Å²) >= 11 is 0. The molecule has 1 aliphatic carbocycles. The van der Waals surface area contributed by atoms with Gasteiger partial charge < -0.3 is 9.64 Å². The Morgan fingerprint density at radius 2 is 1.68 bits per heavy atom. The molecule has 0 N–H and O–H groups in total. The number of esters is 1. The van der Waals surface area contributed by atoms with Crippen LogP contribution in [0.5, 0.6) is 5.75 Å². The van der Waals surface area contributed by atoms with Gasteiger partial charge in [0.05, 0.1) is 23.4 Å². The van der Waals surface area contributed by atoms with Gasteiger partial charge in [-0.2, -0.15) is 0 Å². The van der Waals surface area contributed by atoms with Gasteiger partial charge >= 0.3 is 5.97 Å². The molecule has 3 aliphatic rings. The van der Waals surface area contributed by atoms with Crippen LogP contribution in [-0.4, -0.2) is 30.2 Å². The summed E-state index contributed by atoms with van der Waals surface area (Å²) in [5.74, 6) is -2.04. The topological polar surface area (TPSA) is 84.0 Å². The van der Waals surface area contributed by atoms with Gasteiger partial charge in [-0.1, -0.05) is 43.3 Å². The molecule has 2 saturated heterocycles. The first-order valence-electron chi connectivity index (χ1n) is 11.7. The fourth-order valence-corrected chi connectivity index (χ4v) is 5.11. The Bertz CT molecular complexity index is 1180. The minimum Gasteiger partial charge on any atom is -0.426 e. The number of anilines is 2. The number of carbonyl (C=O) groups excluding carboxylic acids is 4. The van der Waals surface area contributed by atoms with E-state index in [9.17, 15) is 19.2 Å². The van der Waals surface area contributed by atoms with Crippen molar-refractivity contribution in [2.45, 2.75) is 32.6 Å². The van der Waals surface area contributed by atoms with Crippen LogP contribution < -0.4 is 14.5 Å². The lowest BCUT2D eigenvalue weighted by Gasteiger charge is -2.20. The number of nitrogens with zero attached hydrogens (tertiary/aromatic N) is 2. The van der Waals surface area contributed by atoms with Crippen molar-refractivity contribution in [2.75, 3.05) is 16.3 Å². The van der Waals surface area contributed by atoms with E-state index in [1.54, 1.807) is 29.2 Å². The highest BCUT2D eigenvalue weighted by molar-refractivity contribution is 6.22. The first kappa shape index (κ1) is 22.1. The highest BCUT2D eigenvalue weighted by Crippen LogP contribution is 2.38. The van der Waals surface area contributed by atoms with Gasteiger partial charge in [0.1, 0.15) is 5.75 Å². The molecular formula is C27H26N2O5. The summed E-state index contributed by atoms with van der Waals surface area (Å²) in [6.07, 6.45) is 5.88. The lowest BCUT2D eigenvalue weighted by molar-refractivity contribution is -0.139. The second kappa shape index (κ2) is 8.89. The number of para-hydroxylation sites is 1. The van der Waals surface area contributed by atoms with Gasteiger partial charge in [-0.15, -0.1) is 0 Å². The van der Waals surface area contributed by atoms with E-state index in [2.05, 4.69) is 0 Å². The highest BCUT2D eigenvalue weighted by Gasteiger charge is 2.48. The van der Waals surface area contributed by atoms with E-state index in [-0.39, 0.29) is 48.3 Å². The number of fused-ring (bicyclic) bond motifs is 1. The molecule has 34 heavy (non-hydrogen) atoms. The van der Waals surface area contributed by atoms with Crippen LogP contribution in [0, 0.1) is 17.8 Å². The third-order valence-corrected chi connectivity index (χ3v) is 6.92. The number of imide groups is 1. The third kappa shape index (κ3) is 3.81. The lowest BCUT2D eigenvalue weighted by atomic mass is 9.85. The first-order valence-corrected chi connectivity index (χ1v) is 11.7. The maximum Gasteiger partial charge on any atom is 0.316 e. The van der Waals surface area contributed by atoms with Crippen LogP contribution in [0.1, 0.15) is 31.7 Å². The van der Waals surface area contributed by atoms with Gasteiger partial charge in [0.25, 0.3) is 0 Å². The molecule has 2 aromatic carbocycles. The summed E-state index contributed by atoms with van der Waals surface area (Å²) in [7, 11) is 0. The fraction of sp³-hybridized carbons (Fsp3) is 0.333. The molecule has 2 heterocycles. The Balaban J connectivity index is 1.30. The molecule has 2 aliphatic heterocycles. The molecule has 0 aromatic heterocycles. The monoisotopic (exact) mass is 458 g/mol. The van der Waals surface area contributed by atoms with Crippen LogP contribution in [0.15, 0.2) is 60.7 Å². The van der Waals surface area contributed by atoms with Crippen molar-refractivity contribution in [3.05, 3.63) is 66.2 Å². The number of benzene rings is 2. The molecule has 174 valence electrons. The SMILES string of the molecule is CCc1ccccc1N1C[C@H](C(=O)Oc2cccc(N3C(=O)[C@H]4CC=CC[C@H]4C3=O)c2)CC1=O. The number of ether oxygens (including phenoxy) is 1. The second-order valence-corrected chi connectivity index (χ2v) is 8.97. The molecule has 3 atom stereocenters. The number of amides is 3. The zero-order chi connectivity index (χ0) is 23.8. The van der Waals surface area contributed by atoms with E-state index in [0.717, 1.165) is 17.7 Å². The molecule has 0 saturated carbocycles. The smallest absolute Gasteiger partial charge is 0.316 e. The van der Waals surface area contributed by atoms with Crippen LogP contribution in [0.2, 0.25) is 0 Å².